The van der Waals surface area contributed by atoms with Gasteiger partial charge >= 0.3 is 5.97 Å². The Morgan fingerprint density at radius 1 is 1.00 bits per heavy atom. The average molecular weight is 414 g/mol. The van der Waals surface area contributed by atoms with Crippen LogP contribution in [0.4, 0.5) is 0 Å². The van der Waals surface area contributed by atoms with Crippen LogP contribution < -0.4 is 0 Å². The molecule has 0 N–H and O–H groups in total. The number of nitrogens with zero attached hydrogens (tertiary/aromatic N) is 1. The molecular weight excluding hydrogens is 378 g/mol. The molecule has 0 atom stereocenters. The summed E-state index contributed by atoms with van der Waals surface area (Å²) in [7, 11) is 1.42. The van der Waals surface area contributed by atoms with Gasteiger partial charge in [-0.05, 0) is 28.8 Å². The van der Waals surface area contributed by atoms with Crippen molar-refractivity contribution in [3.05, 3.63) is 47.5 Å². The zero-order valence-corrected chi connectivity index (χ0v) is 20.1. The van der Waals surface area contributed by atoms with Crippen LogP contribution in [-0.4, -0.2) is 45.6 Å². The highest BCUT2D eigenvalue weighted by Crippen LogP contribution is 2.40. The van der Waals surface area contributed by atoms with E-state index in [1.165, 1.54) is 11.0 Å². The second-order valence-electron chi connectivity index (χ2n) is 8.49. The third-order valence-corrected chi connectivity index (χ3v) is 11.7. The van der Waals surface area contributed by atoms with Gasteiger partial charge in [-0.2, -0.15) is 0 Å². The molecule has 0 saturated heterocycles. The first-order valence-corrected chi connectivity index (χ1v) is 12.4. The van der Waals surface area contributed by atoms with Gasteiger partial charge in [0.15, 0.2) is 0 Å². The van der Waals surface area contributed by atoms with E-state index >= 15 is 0 Å². The van der Waals surface area contributed by atoms with E-state index in [0.717, 1.165) is 0 Å². The van der Waals surface area contributed by atoms with Gasteiger partial charge in [-0.3, -0.25) is 4.79 Å². The van der Waals surface area contributed by atoms with Crippen LogP contribution in [0.25, 0.3) is 0 Å². The average Bonchev–Trinajstić information content (AvgIpc) is 2.65. The molecule has 0 aliphatic heterocycles. The first kappa shape index (κ1) is 24.7. The molecule has 0 aliphatic rings. The van der Waals surface area contributed by atoms with E-state index in [-0.39, 0.29) is 12.5 Å². The Balaban J connectivity index is 3.22. The molecule has 4 nitrogen and oxygen atoms in total. The molecule has 0 aromatic heterocycles. The molecule has 0 aliphatic carbocycles. The van der Waals surface area contributed by atoms with Crippen LogP contribution in [0.1, 0.15) is 51.9 Å². The molecule has 1 aromatic rings. The SMILES string of the molecule is CC(C)[Si](C#C/C(=C\C(=O)N(C)C)COC(=O)c1ccccc1)(C(C)C)C(C)C. The minimum absolute atomic E-state index is 0.0148. The van der Waals surface area contributed by atoms with Crippen molar-refractivity contribution >= 4 is 20.0 Å². The third-order valence-electron chi connectivity index (χ3n) is 5.41. The lowest BCUT2D eigenvalue weighted by atomic mass is 10.2. The van der Waals surface area contributed by atoms with E-state index in [4.69, 9.17) is 4.74 Å². The second-order valence-corrected chi connectivity index (χ2v) is 14.1. The monoisotopic (exact) mass is 413 g/mol. The van der Waals surface area contributed by atoms with Crippen molar-refractivity contribution in [2.75, 3.05) is 20.7 Å². The number of ether oxygens (including phenoxy) is 1. The largest absolute Gasteiger partial charge is 0.457 e. The van der Waals surface area contributed by atoms with Crippen LogP contribution in [0.15, 0.2) is 42.0 Å². The summed E-state index contributed by atoms with van der Waals surface area (Å²) in [6.07, 6.45) is 1.48. The molecule has 0 radical (unpaired) electrons. The number of rotatable bonds is 7. The van der Waals surface area contributed by atoms with Crippen molar-refractivity contribution < 1.29 is 14.3 Å². The van der Waals surface area contributed by atoms with Crippen molar-refractivity contribution in [3.63, 3.8) is 0 Å². The molecule has 1 amide bonds. The minimum atomic E-state index is -1.96. The fourth-order valence-electron chi connectivity index (χ4n) is 3.81. The second kappa shape index (κ2) is 11.0. The maximum atomic E-state index is 12.3. The van der Waals surface area contributed by atoms with Crippen molar-refractivity contribution in [2.24, 2.45) is 0 Å². The van der Waals surface area contributed by atoms with Gasteiger partial charge in [0, 0.05) is 25.7 Å². The van der Waals surface area contributed by atoms with Gasteiger partial charge in [0.2, 0.25) is 5.91 Å². The van der Waals surface area contributed by atoms with Gasteiger partial charge in [0.25, 0.3) is 0 Å². The van der Waals surface area contributed by atoms with E-state index in [1.54, 1.807) is 38.4 Å². The summed E-state index contributed by atoms with van der Waals surface area (Å²) in [5.41, 5.74) is 6.05. The van der Waals surface area contributed by atoms with Crippen molar-refractivity contribution in [1.29, 1.82) is 0 Å². The summed E-state index contributed by atoms with van der Waals surface area (Å²) >= 11 is 0. The molecule has 0 saturated carbocycles. The van der Waals surface area contributed by atoms with Crippen LogP contribution >= 0.6 is 0 Å². The van der Waals surface area contributed by atoms with Gasteiger partial charge in [-0.1, -0.05) is 65.7 Å². The lowest BCUT2D eigenvalue weighted by Gasteiger charge is -2.38. The summed E-state index contributed by atoms with van der Waals surface area (Å²) in [4.78, 5) is 26.0. The van der Waals surface area contributed by atoms with Gasteiger partial charge in [-0.15, -0.1) is 5.54 Å². The fourth-order valence-corrected chi connectivity index (χ4v) is 9.06. The van der Waals surface area contributed by atoms with Crippen LogP contribution in [0.2, 0.25) is 16.6 Å². The first-order chi connectivity index (χ1) is 13.5. The van der Waals surface area contributed by atoms with E-state index in [9.17, 15) is 9.59 Å². The summed E-state index contributed by atoms with van der Waals surface area (Å²) in [6, 6.07) is 8.83. The van der Waals surface area contributed by atoms with Crippen molar-refractivity contribution in [2.45, 2.75) is 58.2 Å². The van der Waals surface area contributed by atoms with Gasteiger partial charge < -0.3 is 9.64 Å². The molecule has 0 fully saturated rings. The molecule has 0 spiro atoms. The van der Waals surface area contributed by atoms with Gasteiger partial charge in [-0.25, -0.2) is 4.79 Å². The molecule has 1 aromatic carbocycles. The Morgan fingerprint density at radius 2 is 1.52 bits per heavy atom. The van der Waals surface area contributed by atoms with E-state index in [0.29, 0.717) is 27.8 Å². The number of benzene rings is 1. The molecule has 29 heavy (non-hydrogen) atoms. The molecule has 5 heteroatoms. The Kier molecular flexibility index (Phi) is 9.39. The van der Waals surface area contributed by atoms with Crippen molar-refractivity contribution in [3.8, 4) is 11.5 Å². The maximum Gasteiger partial charge on any atom is 0.338 e. The van der Waals surface area contributed by atoms with Crippen LogP contribution in [0, 0.1) is 11.5 Å². The normalized spacial score (nSPS) is 12.0. The van der Waals surface area contributed by atoms with Gasteiger partial charge in [0.1, 0.15) is 14.7 Å². The van der Waals surface area contributed by atoms with Crippen LogP contribution in [0.5, 0.6) is 0 Å². The maximum absolute atomic E-state index is 12.3. The standard InChI is InChI=1S/C24H35NO3Si/c1-18(2)29(19(3)4,20(5)6)15-14-21(16-23(26)25(7)8)17-28-24(27)22-12-10-9-11-13-22/h9-13,16,18-20H,17H2,1-8H3/b21-16+. The lowest BCUT2D eigenvalue weighted by Crippen LogP contribution is -2.43. The first-order valence-electron chi connectivity index (χ1n) is 10.2. The number of carbonyl (C=O) groups excluding carboxylic acids is 2. The molecule has 158 valence electrons. The van der Waals surface area contributed by atoms with Crippen LogP contribution in [-0.2, 0) is 9.53 Å². The summed E-state index contributed by atoms with van der Waals surface area (Å²) in [5, 5.41) is 0. The summed E-state index contributed by atoms with van der Waals surface area (Å²) < 4.78 is 5.45. The molecule has 0 heterocycles. The number of hydrogen-bond acceptors (Lipinski definition) is 3. The smallest absolute Gasteiger partial charge is 0.338 e. The predicted octanol–water partition coefficient (Wildman–Crippen LogP) is 5.08. The number of esters is 1. The van der Waals surface area contributed by atoms with Gasteiger partial charge in [0.05, 0.1) is 5.56 Å². The zero-order valence-electron chi connectivity index (χ0n) is 19.1. The summed E-state index contributed by atoms with van der Waals surface area (Å²) in [6.45, 7) is 13.4. The Hall–Kier alpha value is -2.32. The number of amides is 1. The highest BCUT2D eigenvalue weighted by atomic mass is 28.3. The topological polar surface area (TPSA) is 46.6 Å². The predicted molar refractivity (Wildman–Crippen MR) is 122 cm³/mol. The van der Waals surface area contributed by atoms with E-state index in [1.807, 2.05) is 6.07 Å². The van der Waals surface area contributed by atoms with Crippen molar-refractivity contribution in [1.82, 2.24) is 4.90 Å². The molecule has 0 bridgehead atoms. The highest BCUT2D eigenvalue weighted by molar-refractivity contribution is 6.90. The quantitative estimate of drug-likeness (QED) is 0.271. The highest BCUT2D eigenvalue weighted by Gasteiger charge is 2.41. The minimum Gasteiger partial charge on any atom is -0.457 e. The number of hydrogen-bond donors (Lipinski definition) is 0. The molecule has 1 rings (SSSR count). The number of likely N-dealkylation sites (N-methyl/N-ethyl adjacent to an activating group) is 1. The number of carbonyl (C=O) groups is 2. The molecule has 0 unspecified atom stereocenters. The Morgan fingerprint density at radius 3 is 1.97 bits per heavy atom. The van der Waals surface area contributed by atoms with E-state index < -0.39 is 14.0 Å². The van der Waals surface area contributed by atoms with Crippen LogP contribution in [0.3, 0.4) is 0 Å². The zero-order chi connectivity index (χ0) is 22.2. The Labute approximate surface area is 177 Å². The fraction of sp³-hybridized carbons (Fsp3) is 0.500. The Bertz CT molecular complexity index is 762. The lowest BCUT2D eigenvalue weighted by molar-refractivity contribution is -0.123. The third kappa shape index (κ3) is 6.61. The van der Waals surface area contributed by atoms with E-state index in [2.05, 4.69) is 53.0 Å². The summed E-state index contributed by atoms with van der Waals surface area (Å²) in [5.74, 6) is 2.65. The molecular formula is C24H35NO3Si.